The van der Waals surface area contributed by atoms with E-state index >= 15 is 0 Å². The van der Waals surface area contributed by atoms with Crippen molar-refractivity contribution in [2.45, 2.75) is 87.9 Å². The highest BCUT2D eigenvalue weighted by atomic mass is 32.2. The van der Waals surface area contributed by atoms with Gasteiger partial charge in [0.2, 0.25) is 15.9 Å². The average molecular weight is 602 g/mol. The van der Waals surface area contributed by atoms with E-state index in [4.69, 9.17) is 4.74 Å². The van der Waals surface area contributed by atoms with Gasteiger partial charge in [-0.1, -0.05) is 49.6 Å². The number of carbonyl (C=O) groups is 2. The summed E-state index contributed by atoms with van der Waals surface area (Å²) in [4.78, 5) is 29.5. The normalized spacial score (nSPS) is 23.9. The van der Waals surface area contributed by atoms with Crippen LogP contribution in [0.25, 0.3) is 22.2 Å². The van der Waals surface area contributed by atoms with Crippen LogP contribution < -0.4 is 4.72 Å². The second-order valence-corrected chi connectivity index (χ2v) is 15.6. The number of carbonyl (C=O) groups excluding carboxylic acids is 2. The topological polar surface area (TPSA) is 97.7 Å². The van der Waals surface area contributed by atoms with Crippen molar-refractivity contribution in [2.75, 3.05) is 19.3 Å². The predicted molar refractivity (Wildman–Crippen MR) is 164 cm³/mol. The first-order valence-electron chi connectivity index (χ1n) is 15.9. The molecule has 3 saturated carbocycles. The monoisotopic (exact) mass is 601 g/mol. The smallest absolute Gasteiger partial charge is 0.264 e. The molecule has 1 aromatic heterocycles. The predicted octanol–water partition coefficient (Wildman–Crippen LogP) is 5.14. The van der Waals surface area contributed by atoms with Crippen molar-refractivity contribution in [3.63, 3.8) is 0 Å². The van der Waals surface area contributed by atoms with Gasteiger partial charge in [0.1, 0.15) is 0 Å². The van der Waals surface area contributed by atoms with Gasteiger partial charge in [-0.3, -0.25) is 9.59 Å². The van der Waals surface area contributed by atoms with E-state index < -0.39 is 15.9 Å². The minimum Gasteiger partial charge on any atom is -0.365 e. The molecule has 1 saturated heterocycles. The molecule has 4 fully saturated rings. The van der Waals surface area contributed by atoms with Gasteiger partial charge < -0.3 is 14.2 Å². The fourth-order valence-electron chi connectivity index (χ4n) is 8.16. The van der Waals surface area contributed by atoms with E-state index in [1.807, 2.05) is 12.1 Å². The Hall–Kier alpha value is -3.17. The maximum Gasteiger partial charge on any atom is 0.264 e. The molecule has 1 atom stereocenters. The van der Waals surface area contributed by atoms with E-state index in [2.05, 4.69) is 38.5 Å². The van der Waals surface area contributed by atoms with Crippen LogP contribution in [-0.2, 0) is 32.5 Å². The molecule has 5 aliphatic rings. The number of hydrogen-bond acceptors (Lipinski definition) is 5. The lowest BCUT2D eigenvalue weighted by Crippen LogP contribution is -2.54. The lowest BCUT2D eigenvalue weighted by molar-refractivity contribution is -0.158. The van der Waals surface area contributed by atoms with Crippen LogP contribution in [0, 0.1) is 5.92 Å². The molecule has 3 aromatic rings. The maximum atomic E-state index is 14.5. The Morgan fingerprint density at radius 1 is 0.953 bits per heavy atom. The molecule has 2 aliphatic heterocycles. The fourth-order valence-corrected chi connectivity index (χ4v) is 8.62. The number of morpholine rings is 1. The molecule has 9 heteroatoms. The summed E-state index contributed by atoms with van der Waals surface area (Å²) in [7, 11) is -3.71. The molecule has 2 amide bonds. The molecule has 0 bridgehead atoms. The number of rotatable bonds is 4. The number of nitrogens with one attached hydrogen (secondary N) is 1. The van der Waals surface area contributed by atoms with Gasteiger partial charge in [-0.2, -0.15) is 0 Å². The summed E-state index contributed by atoms with van der Waals surface area (Å²) in [6.45, 7) is 1.86. The molecular formula is C34H39N3O5S. The fraction of sp³-hybridized carbons (Fsp3) is 0.529. The number of nitrogens with zero attached hydrogens (tertiary/aromatic N) is 2. The van der Waals surface area contributed by atoms with Crippen LogP contribution in [0.4, 0.5) is 0 Å². The number of benzene rings is 2. The van der Waals surface area contributed by atoms with Crippen LogP contribution in [0.1, 0.15) is 85.2 Å². The standard InChI is InChI=1S/C34H39N3O5S/c1-43(40,41)35-31(38)24-11-12-27-28(18-24)37-19-25(32(39)36-20-33(13-14-33)42-34(21-36)15-16-34)17-23-9-5-6-10-26(23)30(37)29(27)22-7-3-2-4-8-22/h5-6,9-12,18,22,25H,2-4,7-8,13-17,19-21H2,1H3,(H,35,38). The summed E-state index contributed by atoms with van der Waals surface area (Å²) in [6.07, 6.45) is 11.6. The second kappa shape index (κ2) is 9.66. The number of ether oxygens (including phenoxy) is 1. The summed E-state index contributed by atoms with van der Waals surface area (Å²) >= 11 is 0. The zero-order valence-electron chi connectivity index (χ0n) is 24.7. The molecule has 1 N–H and O–H groups in total. The van der Waals surface area contributed by atoms with E-state index in [-0.39, 0.29) is 23.0 Å². The van der Waals surface area contributed by atoms with E-state index in [0.29, 0.717) is 37.5 Å². The lowest BCUT2D eigenvalue weighted by atomic mass is 9.81. The van der Waals surface area contributed by atoms with Crippen LogP contribution in [0.3, 0.4) is 0 Å². The van der Waals surface area contributed by atoms with Gasteiger partial charge in [0.05, 0.1) is 29.1 Å². The molecule has 8 rings (SSSR count). The van der Waals surface area contributed by atoms with Gasteiger partial charge in [-0.15, -0.1) is 0 Å². The molecule has 43 heavy (non-hydrogen) atoms. The van der Waals surface area contributed by atoms with Gasteiger partial charge >= 0.3 is 0 Å². The summed E-state index contributed by atoms with van der Waals surface area (Å²) in [6, 6.07) is 14.1. The summed E-state index contributed by atoms with van der Waals surface area (Å²) in [5.41, 5.74) is 5.72. The minimum atomic E-state index is -3.71. The third-order valence-electron chi connectivity index (χ3n) is 10.5. The Morgan fingerprint density at radius 2 is 1.65 bits per heavy atom. The van der Waals surface area contributed by atoms with Gasteiger partial charge in [0.25, 0.3) is 5.91 Å². The van der Waals surface area contributed by atoms with Crippen molar-refractivity contribution in [3.8, 4) is 11.3 Å². The molecule has 3 heterocycles. The number of hydrogen-bond donors (Lipinski definition) is 1. The van der Waals surface area contributed by atoms with Gasteiger partial charge in [-0.05, 0) is 74.1 Å². The quantitative estimate of drug-likeness (QED) is 0.447. The van der Waals surface area contributed by atoms with Crippen LogP contribution in [-0.4, -0.2) is 60.2 Å². The van der Waals surface area contributed by atoms with Crippen molar-refractivity contribution >= 4 is 32.7 Å². The van der Waals surface area contributed by atoms with Crippen molar-refractivity contribution in [2.24, 2.45) is 5.92 Å². The van der Waals surface area contributed by atoms with Gasteiger partial charge in [0.15, 0.2) is 0 Å². The largest absolute Gasteiger partial charge is 0.365 e. The Labute approximate surface area is 252 Å². The van der Waals surface area contributed by atoms with E-state index in [1.54, 1.807) is 6.07 Å². The highest BCUT2D eigenvalue weighted by Gasteiger charge is 2.61. The lowest BCUT2D eigenvalue weighted by Gasteiger charge is -2.40. The first-order chi connectivity index (χ1) is 20.6. The molecular weight excluding hydrogens is 562 g/mol. The van der Waals surface area contributed by atoms with Crippen molar-refractivity contribution in [1.29, 1.82) is 0 Å². The molecule has 2 aromatic carbocycles. The molecule has 3 aliphatic carbocycles. The van der Waals surface area contributed by atoms with Crippen molar-refractivity contribution in [3.05, 3.63) is 59.2 Å². The third-order valence-corrected chi connectivity index (χ3v) is 11.0. The van der Waals surface area contributed by atoms with E-state index in [0.717, 1.165) is 66.9 Å². The zero-order chi connectivity index (χ0) is 29.6. The van der Waals surface area contributed by atoms with Gasteiger partial charge in [0, 0.05) is 41.7 Å². The maximum absolute atomic E-state index is 14.5. The van der Waals surface area contributed by atoms with Gasteiger partial charge in [-0.25, -0.2) is 13.1 Å². The average Bonchev–Trinajstić information content (AvgIpc) is 3.90. The highest BCUT2D eigenvalue weighted by molar-refractivity contribution is 7.89. The number of fused-ring (bicyclic) bond motifs is 5. The number of aromatic nitrogens is 1. The van der Waals surface area contributed by atoms with Crippen LogP contribution >= 0.6 is 0 Å². The molecule has 2 spiro atoms. The first kappa shape index (κ1) is 27.4. The summed E-state index contributed by atoms with van der Waals surface area (Å²) in [5, 5.41) is 1.10. The van der Waals surface area contributed by atoms with Crippen molar-refractivity contribution in [1.82, 2.24) is 14.2 Å². The number of sulfonamides is 1. The van der Waals surface area contributed by atoms with Crippen LogP contribution in [0.2, 0.25) is 0 Å². The van der Waals surface area contributed by atoms with Crippen LogP contribution in [0.15, 0.2) is 42.5 Å². The number of amides is 2. The highest BCUT2D eigenvalue weighted by Crippen LogP contribution is 2.55. The summed E-state index contributed by atoms with van der Waals surface area (Å²) in [5.74, 6) is -0.309. The Morgan fingerprint density at radius 3 is 2.33 bits per heavy atom. The summed E-state index contributed by atoms with van der Waals surface area (Å²) < 4.78 is 34.7. The Kier molecular flexibility index (Phi) is 6.15. The molecule has 1 unspecified atom stereocenters. The molecule has 8 nitrogen and oxygen atoms in total. The second-order valence-electron chi connectivity index (χ2n) is 13.9. The zero-order valence-corrected chi connectivity index (χ0v) is 25.5. The Balaban J connectivity index is 1.27. The first-order valence-corrected chi connectivity index (χ1v) is 17.8. The minimum absolute atomic E-state index is 0.144. The molecule has 226 valence electrons. The SMILES string of the molecule is CS(=O)(=O)NC(=O)c1ccc2c(C3CCCCC3)c3n(c2c1)CC(C(=O)N1CC2(CC2)OC2(CC2)C1)Cc1ccccc1-3. The van der Waals surface area contributed by atoms with E-state index in [9.17, 15) is 18.0 Å². The third kappa shape index (κ3) is 4.89. The Bertz CT molecular complexity index is 1740. The van der Waals surface area contributed by atoms with Crippen LogP contribution in [0.5, 0.6) is 0 Å². The van der Waals surface area contributed by atoms with Crippen molar-refractivity contribution < 1.29 is 22.7 Å². The molecule has 0 radical (unpaired) electrons. The van der Waals surface area contributed by atoms with E-state index in [1.165, 1.54) is 30.4 Å².